The minimum Gasteiger partial charge on any atom is -0.477 e. The molecular formula is C27H32N6O2. The lowest BCUT2D eigenvalue weighted by molar-refractivity contribution is 0.0679. The minimum atomic E-state index is -0.926. The third kappa shape index (κ3) is 5.65. The van der Waals surface area contributed by atoms with Gasteiger partial charge < -0.3 is 5.11 Å². The van der Waals surface area contributed by atoms with Gasteiger partial charge in [0.1, 0.15) is 5.69 Å². The molecule has 8 nitrogen and oxygen atoms in total. The molecule has 8 heteroatoms. The van der Waals surface area contributed by atoms with Crippen LogP contribution in [0.2, 0.25) is 0 Å². The van der Waals surface area contributed by atoms with Crippen molar-refractivity contribution in [1.82, 2.24) is 30.4 Å². The maximum atomic E-state index is 12.3. The van der Waals surface area contributed by atoms with Crippen LogP contribution in [0.5, 0.6) is 0 Å². The van der Waals surface area contributed by atoms with Gasteiger partial charge in [-0.1, -0.05) is 82.6 Å². The fraction of sp³-hybridized carbons (Fsp3) is 0.370. The molecule has 2 aromatic heterocycles. The standard InChI is InChI=1S/C27H32N6O2/c1-5-6-11-23-22(24(26(34)35)33(30-23)17-27(2,3)4)16-18-12-14-19(15-13-18)20-9-7-8-10-21(20)25-28-31-32-29-25/h7-10,12-15H,5-6,11,16-17H2,1-4H3,(H,34,35)(H,28,29,31,32). The number of benzene rings is 2. The maximum Gasteiger partial charge on any atom is 0.354 e. The van der Waals surface area contributed by atoms with E-state index in [-0.39, 0.29) is 5.41 Å². The molecule has 0 aliphatic carbocycles. The monoisotopic (exact) mass is 472 g/mol. The van der Waals surface area contributed by atoms with Crippen molar-refractivity contribution in [3.05, 3.63) is 71.0 Å². The number of aromatic amines is 1. The van der Waals surface area contributed by atoms with E-state index in [4.69, 9.17) is 5.10 Å². The minimum absolute atomic E-state index is 0.0801. The number of aromatic nitrogens is 6. The first-order valence-corrected chi connectivity index (χ1v) is 12.0. The highest BCUT2D eigenvalue weighted by Crippen LogP contribution is 2.31. The van der Waals surface area contributed by atoms with Crippen molar-refractivity contribution in [2.75, 3.05) is 0 Å². The number of carboxylic acid groups (broad SMARTS) is 1. The zero-order chi connectivity index (χ0) is 25.0. The van der Waals surface area contributed by atoms with Gasteiger partial charge in [0.25, 0.3) is 0 Å². The Balaban J connectivity index is 1.68. The molecule has 0 amide bonds. The second-order valence-electron chi connectivity index (χ2n) is 10.1. The van der Waals surface area contributed by atoms with Crippen LogP contribution in [0.3, 0.4) is 0 Å². The van der Waals surface area contributed by atoms with Gasteiger partial charge in [-0.25, -0.2) is 4.79 Å². The molecule has 0 saturated heterocycles. The average Bonchev–Trinajstić information content (AvgIpc) is 3.46. The number of nitrogens with one attached hydrogen (secondary N) is 1. The van der Waals surface area contributed by atoms with Crippen molar-refractivity contribution in [3.63, 3.8) is 0 Å². The summed E-state index contributed by atoms with van der Waals surface area (Å²) in [4.78, 5) is 12.3. The molecule has 0 fully saturated rings. The zero-order valence-corrected chi connectivity index (χ0v) is 20.7. The van der Waals surface area contributed by atoms with Crippen molar-refractivity contribution in [2.24, 2.45) is 5.41 Å². The Morgan fingerprint density at radius 3 is 2.37 bits per heavy atom. The van der Waals surface area contributed by atoms with E-state index in [0.717, 1.165) is 52.8 Å². The average molecular weight is 473 g/mol. The van der Waals surface area contributed by atoms with Crippen LogP contribution in [0.25, 0.3) is 22.5 Å². The lowest BCUT2D eigenvalue weighted by Gasteiger charge is -2.19. The lowest BCUT2D eigenvalue weighted by Crippen LogP contribution is -2.21. The molecule has 0 atom stereocenters. The van der Waals surface area contributed by atoms with E-state index in [0.29, 0.717) is 24.5 Å². The SMILES string of the molecule is CCCCc1nn(CC(C)(C)C)c(C(=O)O)c1Cc1ccc(-c2ccccc2-c2nn[nH]n2)cc1. The molecule has 0 bridgehead atoms. The highest BCUT2D eigenvalue weighted by atomic mass is 16.4. The number of unbranched alkanes of at least 4 members (excludes halogenated alkanes) is 1. The molecular weight excluding hydrogens is 440 g/mol. The predicted molar refractivity (Wildman–Crippen MR) is 135 cm³/mol. The molecule has 4 aromatic rings. The van der Waals surface area contributed by atoms with Gasteiger partial charge in [-0.05, 0) is 40.2 Å². The van der Waals surface area contributed by atoms with Crippen molar-refractivity contribution in [3.8, 4) is 22.5 Å². The molecule has 182 valence electrons. The summed E-state index contributed by atoms with van der Waals surface area (Å²) >= 11 is 0. The number of nitrogens with zero attached hydrogens (tertiary/aromatic N) is 5. The first-order valence-electron chi connectivity index (χ1n) is 12.0. The summed E-state index contributed by atoms with van der Waals surface area (Å²) in [5, 5.41) is 29.3. The van der Waals surface area contributed by atoms with Crippen LogP contribution in [0.1, 0.15) is 67.8 Å². The van der Waals surface area contributed by atoms with Crippen LogP contribution in [0.15, 0.2) is 48.5 Å². The number of aryl methyl sites for hydroxylation is 1. The zero-order valence-electron chi connectivity index (χ0n) is 20.7. The quantitative estimate of drug-likeness (QED) is 0.337. The van der Waals surface area contributed by atoms with Crippen LogP contribution < -0.4 is 0 Å². The van der Waals surface area contributed by atoms with Crippen molar-refractivity contribution in [1.29, 1.82) is 0 Å². The van der Waals surface area contributed by atoms with Gasteiger partial charge in [0.15, 0.2) is 0 Å². The van der Waals surface area contributed by atoms with Gasteiger partial charge in [-0.3, -0.25) is 4.68 Å². The summed E-state index contributed by atoms with van der Waals surface area (Å²) in [5.41, 5.74) is 5.90. The van der Waals surface area contributed by atoms with E-state index < -0.39 is 5.97 Å². The fourth-order valence-corrected chi connectivity index (χ4v) is 4.29. The van der Waals surface area contributed by atoms with E-state index in [1.165, 1.54) is 0 Å². The van der Waals surface area contributed by atoms with E-state index in [1.807, 2.05) is 24.3 Å². The van der Waals surface area contributed by atoms with Crippen LogP contribution in [0, 0.1) is 5.41 Å². The fourth-order valence-electron chi connectivity index (χ4n) is 4.29. The summed E-state index contributed by atoms with van der Waals surface area (Å²) in [6.45, 7) is 8.97. The van der Waals surface area contributed by atoms with Gasteiger partial charge in [0.2, 0.25) is 5.82 Å². The summed E-state index contributed by atoms with van der Waals surface area (Å²) in [7, 11) is 0. The molecule has 0 saturated carbocycles. The third-order valence-corrected chi connectivity index (χ3v) is 5.89. The number of hydrogen-bond acceptors (Lipinski definition) is 5. The molecule has 2 heterocycles. The second kappa shape index (κ2) is 10.2. The number of rotatable bonds is 9. The smallest absolute Gasteiger partial charge is 0.354 e. The Kier molecular flexibility index (Phi) is 7.10. The molecule has 35 heavy (non-hydrogen) atoms. The highest BCUT2D eigenvalue weighted by molar-refractivity contribution is 5.88. The van der Waals surface area contributed by atoms with Crippen molar-refractivity contribution < 1.29 is 9.90 Å². The molecule has 0 aliphatic heterocycles. The number of carbonyl (C=O) groups is 1. The van der Waals surface area contributed by atoms with Crippen LogP contribution in [0.4, 0.5) is 0 Å². The van der Waals surface area contributed by atoms with Gasteiger partial charge in [0, 0.05) is 24.1 Å². The van der Waals surface area contributed by atoms with Gasteiger partial charge in [0.05, 0.1) is 5.69 Å². The molecule has 2 N–H and O–H groups in total. The number of carboxylic acids is 1. The second-order valence-corrected chi connectivity index (χ2v) is 10.1. The number of aromatic carboxylic acids is 1. The highest BCUT2D eigenvalue weighted by Gasteiger charge is 2.25. The number of hydrogen-bond donors (Lipinski definition) is 2. The van der Waals surface area contributed by atoms with Crippen molar-refractivity contribution in [2.45, 2.75) is 59.9 Å². The van der Waals surface area contributed by atoms with Crippen LogP contribution in [-0.2, 0) is 19.4 Å². The van der Waals surface area contributed by atoms with Crippen LogP contribution >= 0.6 is 0 Å². The van der Waals surface area contributed by atoms with E-state index in [1.54, 1.807) is 4.68 Å². The Hall–Kier alpha value is -3.81. The van der Waals surface area contributed by atoms with E-state index in [9.17, 15) is 9.90 Å². The van der Waals surface area contributed by atoms with Gasteiger partial charge in [-0.2, -0.15) is 10.3 Å². The predicted octanol–water partition coefficient (Wildman–Crippen LogP) is 5.41. The molecule has 0 aliphatic rings. The molecule has 0 unspecified atom stereocenters. The first kappa shape index (κ1) is 24.3. The Bertz CT molecular complexity index is 1280. The molecule has 0 spiro atoms. The Morgan fingerprint density at radius 1 is 1.06 bits per heavy atom. The summed E-state index contributed by atoms with van der Waals surface area (Å²) in [6.07, 6.45) is 3.31. The molecule has 0 radical (unpaired) electrons. The molecule has 4 rings (SSSR count). The van der Waals surface area contributed by atoms with Crippen molar-refractivity contribution >= 4 is 5.97 Å². The van der Waals surface area contributed by atoms with Crippen LogP contribution in [-0.4, -0.2) is 41.5 Å². The number of H-pyrrole nitrogens is 1. The first-order chi connectivity index (χ1) is 16.8. The topological polar surface area (TPSA) is 110 Å². The van der Waals surface area contributed by atoms with E-state index >= 15 is 0 Å². The van der Waals surface area contributed by atoms with Gasteiger partial charge in [-0.15, -0.1) is 10.2 Å². The third-order valence-electron chi connectivity index (χ3n) is 5.89. The maximum absolute atomic E-state index is 12.3. The normalized spacial score (nSPS) is 11.7. The molecule has 2 aromatic carbocycles. The summed E-state index contributed by atoms with van der Waals surface area (Å²) in [6, 6.07) is 16.1. The Labute approximate surface area is 205 Å². The summed E-state index contributed by atoms with van der Waals surface area (Å²) < 4.78 is 1.69. The Morgan fingerprint density at radius 2 is 1.77 bits per heavy atom. The van der Waals surface area contributed by atoms with Gasteiger partial charge >= 0.3 is 5.97 Å². The summed E-state index contributed by atoms with van der Waals surface area (Å²) in [5.74, 6) is -0.382. The van der Waals surface area contributed by atoms with E-state index in [2.05, 4.69) is 72.6 Å². The largest absolute Gasteiger partial charge is 0.477 e. The number of tetrazole rings is 1. The lowest BCUT2D eigenvalue weighted by atomic mass is 9.95.